The van der Waals surface area contributed by atoms with Crippen molar-refractivity contribution >= 4 is 22.8 Å². The number of fused-ring (bicyclic) bond motifs is 1. The van der Waals surface area contributed by atoms with Gasteiger partial charge in [0.25, 0.3) is 0 Å². The number of hydrogen-bond acceptors (Lipinski definition) is 3. The summed E-state index contributed by atoms with van der Waals surface area (Å²) in [6.45, 7) is 0.932. The summed E-state index contributed by atoms with van der Waals surface area (Å²) >= 11 is 1.82. The molecule has 4 heteroatoms. The molecule has 0 N–H and O–H groups in total. The van der Waals surface area contributed by atoms with Gasteiger partial charge in [0.2, 0.25) is 0 Å². The SMILES string of the molecule is CSCCn1nnc2ccccc21. The van der Waals surface area contributed by atoms with E-state index in [2.05, 4.69) is 22.6 Å². The standard InChI is InChI=1S/C9H11N3S/c1-13-7-6-12-9-5-3-2-4-8(9)10-11-12/h2-5H,6-7H2,1H3. The van der Waals surface area contributed by atoms with Crippen LogP contribution in [0.1, 0.15) is 0 Å². The minimum atomic E-state index is 0.932. The van der Waals surface area contributed by atoms with Gasteiger partial charge in [-0.1, -0.05) is 17.3 Å². The highest BCUT2D eigenvalue weighted by Gasteiger charge is 2.01. The van der Waals surface area contributed by atoms with Crippen LogP contribution in [-0.2, 0) is 6.54 Å². The van der Waals surface area contributed by atoms with Gasteiger partial charge in [-0.25, -0.2) is 4.68 Å². The molecule has 2 aromatic rings. The van der Waals surface area contributed by atoms with Gasteiger partial charge in [0.15, 0.2) is 0 Å². The molecule has 13 heavy (non-hydrogen) atoms. The highest BCUT2D eigenvalue weighted by Crippen LogP contribution is 2.09. The number of aryl methyl sites for hydroxylation is 1. The molecule has 3 nitrogen and oxygen atoms in total. The summed E-state index contributed by atoms with van der Waals surface area (Å²) < 4.78 is 1.95. The molecule has 1 heterocycles. The number of thioether (sulfide) groups is 1. The van der Waals surface area contributed by atoms with E-state index in [1.54, 1.807) is 0 Å². The van der Waals surface area contributed by atoms with E-state index in [0.717, 1.165) is 23.3 Å². The summed E-state index contributed by atoms with van der Waals surface area (Å²) in [6.07, 6.45) is 2.10. The van der Waals surface area contributed by atoms with Crippen LogP contribution >= 0.6 is 11.8 Å². The van der Waals surface area contributed by atoms with Gasteiger partial charge in [-0.3, -0.25) is 0 Å². The predicted molar refractivity (Wildman–Crippen MR) is 55.9 cm³/mol. The van der Waals surface area contributed by atoms with E-state index in [-0.39, 0.29) is 0 Å². The van der Waals surface area contributed by atoms with Gasteiger partial charge in [0.05, 0.1) is 12.1 Å². The summed E-state index contributed by atoms with van der Waals surface area (Å²) in [5, 5.41) is 8.16. The van der Waals surface area contributed by atoms with Crippen LogP contribution in [-0.4, -0.2) is 27.0 Å². The molecule has 0 aliphatic rings. The lowest BCUT2D eigenvalue weighted by Crippen LogP contribution is -2.01. The van der Waals surface area contributed by atoms with Crippen molar-refractivity contribution < 1.29 is 0 Å². The molecule has 1 aromatic carbocycles. The van der Waals surface area contributed by atoms with Crippen LogP contribution in [0.4, 0.5) is 0 Å². The molecule has 0 bridgehead atoms. The number of rotatable bonds is 3. The molecular formula is C9H11N3S. The zero-order valence-electron chi connectivity index (χ0n) is 7.47. The fourth-order valence-corrected chi connectivity index (χ4v) is 1.62. The maximum atomic E-state index is 4.09. The Bertz CT molecular complexity index is 396. The van der Waals surface area contributed by atoms with Crippen LogP contribution < -0.4 is 0 Å². The second-order valence-corrected chi connectivity index (χ2v) is 3.78. The van der Waals surface area contributed by atoms with Gasteiger partial charge in [-0.05, 0) is 18.4 Å². The van der Waals surface area contributed by atoms with Crippen molar-refractivity contribution in [3.63, 3.8) is 0 Å². The number of nitrogens with zero attached hydrogens (tertiary/aromatic N) is 3. The summed E-state index contributed by atoms with van der Waals surface area (Å²) in [5.74, 6) is 1.08. The van der Waals surface area contributed by atoms with Crippen LogP contribution in [0.5, 0.6) is 0 Å². The van der Waals surface area contributed by atoms with Gasteiger partial charge in [0, 0.05) is 5.75 Å². The molecule has 0 aliphatic heterocycles. The van der Waals surface area contributed by atoms with Crippen molar-refractivity contribution in [2.75, 3.05) is 12.0 Å². The number of benzene rings is 1. The van der Waals surface area contributed by atoms with Crippen LogP contribution in [0.25, 0.3) is 11.0 Å². The normalized spacial score (nSPS) is 10.8. The number of hydrogen-bond donors (Lipinski definition) is 0. The van der Waals surface area contributed by atoms with Crippen molar-refractivity contribution in [1.29, 1.82) is 0 Å². The van der Waals surface area contributed by atoms with Gasteiger partial charge in [0.1, 0.15) is 5.52 Å². The molecule has 0 amide bonds. The summed E-state index contributed by atoms with van der Waals surface area (Å²) in [6, 6.07) is 8.03. The molecular weight excluding hydrogens is 182 g/mol. The highest BCUT2D eigenvalue weighted by molar-refractivity contribution is 7.98. The minimum Gasteiger partial charge on any atom is -0.244 e. The van der Waals surface area contributed by atoms with E-state index >= 15 is 0 Å². The predicted octanol–water partition coefficient (Wildman–Crippen LogP) is 1.79. The summed E-state index contributed by atoms with van der Waals surface area (Å²) in [7, 11) is 0. The maximum Gasteiger partial charge on any atom is 0.113 e. The van der Waals surface area contributed by atoms with E-state index in [4.69, 9.17) is 0 Å². The van der Waals surface area contributed by atoms with Crippen molar-refractivity contribution in [2.45, 2.75) is 6.54 Å². The molecule has 68 valence electrons. The molecule has 0 unspecified atom stereocenters. The fourth-order valence-electron chi connectivity index (χ4n) is 1.26. The van der Waals surface area contributed by atoms with Crippen LogP contribution in [0, 0.1) is 0 Å². The zero-order valence-corrected chi connectivity index (χ0v) is 8.29. The Balaban J connectivity index is 2.35. The van der Waals surface area contributed by atoms with E-state index in [0.29, 0.717) is 0 Å². The van der Waals surface area contributed by atoms with Crippen molar-refractivity contribution in [3.8, 4) is 0 Å². The van der Waals surface area contributed by atoms with Crippen molar-refractivity contribution in [3.05, 3.63) is 24.3 Å². The first-order valence-electron chi connectivity index (χ1n) is 4.19. The fraction of sp³-hybridized carbons (Fsp3) is 0.333. The van der Waals surface area contributed by atoms with Crippen LogP contribution in [0.2, 0.25) is 0 Å². The average molecular weight is 193 g/mol. The largest absolute Gasteiger partial charge is 0.244 e. The Morgan fingerprint density at radius 1 is 1.38 bits per heavy atom. The van der Waals surface area contributed by atoms with Crippen LogP contribution in [0.15, 0.2) is 24.3 Å². The van der Waals surface area contributed by atoms with Crippen LogP contribution in [0.3, 0.4) is 0 Å². The van der Waals surface area contributed by atoms with Gasteiger partial charge in [-0.2, -0.15) is 11.8 Å². The van der Waals surface area contributed by atoms with E-state index in [1.807, 2.05) is 34.6 Å². The van der Waals surface area contributed by atoms with E-state index in [9.17, 15) is 0 Å². The third-order valence-electron chi connectivity index (χ3n) is 1.93. The Morgan fingerprint density at radius 2 is 2.23 bits per heavy atom. The summed E-state index contributed by atoms with van der Waals surface area (Å²) in [5.41, 5.74) is 2.10. The molecule has 0 saturated heterocycles. The lowest BCUT2D eigenvalue weighted by atomic mass is 10.3. The quantitative estimate of drug-likeness (QED) is 0.744. The molecule has 0 spiro atoms. The lowest BCUT2D eigenvalue weighted by Gasteiger charge is -1.98. The minimum absolute atomic E-state index is 0.932. The van der Waals surface area contributed by atoms with Gasteiger partial charge >= 0.3 is 0 Å². The first kappa shape index (κ1) is 8.56. The average Bonchev–Trinajstić information content (AvgIpc) is 2.58. The van der Waals surface area contributed by atoms with Crippen molar-refractivity contribution in [1.82, 2.24) is 15.0 Å². The molecule has 2 rings (SSSR count). The first-order valence-corrected chi connectivity index (χ1v) is 5.58. The molecule has 0 saturated carbocycles. The summed E-state index contributed by atoms with van der Waals surface area (Å²) in [4.78, 5) is 0. The molecule has 0 fully saturated rings. The Labute approximate surface area is 81.1 Å². The first-order chi connectivity index (χ1) is 6.42. The Morgan fingerprint density at radius 3 is 3.08 bits per heavy atom. The molecule has 1 aromatic heterocycles. The second-order valence-electron chi connectivity index (χ2n) is 2.79. The Hall–Kier alpha value is -1.03. The smallest absolute Gasteiger partial charge is 0.113 e. The zero-order chi connectivity index (χ0) is 9.10. The van der Waals surface area contributed by atoms with E-state index in [1.165, 1.54) is 0 Å². The number of aromatic nitrogens is 3. The molecule has 0 aliphatic carbocycles. The third kappa shape index (κ3) is 1.67. The molecule has 0 atom stereocenters. The third-order valence-corrected chi connectivity index (χ3v) is 2.52. The van der Waals surface area contributed by atoms with E-state index < -0.39 is 0 Å². The maximum absolute atomic E-state index is 4.09. The van der Waals surface area contributed by atoms with Gasteiger partial charge < -0.3 is 0 Å². The topological polar surface area (TPSA) is 30.7 Å². The molecule has 0 radical (unpaired) electrons. The Kier molecular flexibility index (Phi) is 2.49. The van der Waals surface area contributed by atoms with Gasteiger partial charge in [-0.15, -0.1) is 5.10 Å². The lowest BCUT2D eigenvalue weighted by molar-refractivity contribution is 0.652. The second kappa shape index (κ2) is 3.79. The number of para-hydroxylation sites is 1. The van der Waals surface area contributed by atoms with Crippen molar-refractivity contribution in [2.24, 2.45) is 0 Å². The monoisotopic (exact) mass is 193 g/mol. The highest BCUT2D eigenvalue weighted by atomic mass is 32.2.